The lowest BCUT2D eigenvalue weighted by Crippen LogP contribution is -2.43. The van der Waals surface area contributed by atoms with Crippen LogP contribution in [-0.4, -0.2) is 43.0 Å². The Kier molecular flexibility index (Phi) is 6.59. The van der Waals surface area contributed by atoms with E-state index in [4.69, 9.17) is 4.74 Å². The second kappa shape index (κ2) is 8.67. The van der Waals surface area contributed by atoms with Crippen molar-refractivity contribution >= 4 is 11.8 Å². The lowest BCUT2D eigenvalue weighted by Gasteiger charge is -2.33. The molecule has 1 aromatic carbocycles. The van der Waals surface area contributed by atoms with Crippen molar-refractivity contribution in [1.29, 1.82) is 0 Å². The van der Waals surface area contributed by atoms with Crippen LogP contribution >= 0.6 is 0 Å². The number of carbonyl (C=O) groups excluding carboxylic acids is 2. The Morgan fingerprint density at radius 1 is 1.30 bits per heavy atom. The molecule has 0 saturated carbocycles. The van der Waals surface area contributed by atoms with Gasteiger partial charge in [0.15, 0.2) is 6.10 Å². The maximum atomic E-state index is 12.2. The first-order chi connectivity index (χ1) is 11.1. The highest BCUT2D eigenvalue weighted by molar-refractivity contribution is 5.83. The van der Waals surface area contributed by atoms with Crippen LogP contribution in [0.4, 0.5) is 0 Å². The molecule has 1 saturated heterocycles. The summed E-state index contributed by atoms with van der Waals surface area (Å²) in [5.74, 6) is -0.0932. The van der Waals surface area contributed by atoms with Gasteiger partial charge in [-0.15, -0.1) is 0 Å². The molecule has 1 aromatic rings. The molecule has 1 aliphatic rings. The average molecular weight is 318 g/mol. The lowest BCUT2D eigenvalue weighted by molar-refractivity contribution is -0.135. The van der Waals surface area contributed by atoms with E-state index in [2.05, 4.69) is 12.2 Å². The van der Waals surface area contributed by atoms with E-state index in [1.165, 1.54) is 13.5 Å². The predicted octanol–water partition coefficient (Wildman–Crippen LogP) is 2.28. The van der Waals surface area contributed by atoms with E-state index in [0.717, 1.165) is 24.9 Å². The molecule has 1 heterocycles. The van der Waals surface area contributed by atoms with Crippen molar-refractivity contribution in [2.45, 2.75) is 44.8 Å². The Morgan fingerprint density at radius 2 is 2.04 bits per heavy atom. The zero-order valence-electron chi connectivity index (χ0n) is 14.0. The van der Waals surface area contributed by atoms with Gasteiger partial charge >= 0.3 is 0 Å². The number of likely N-dealkylation sites (tertiary alicyclic amines) is 1. The van der Waals surface area contributed by atoms with Crippen molar-refractivity contribution < 1.29 is 14.3 Å². The van der Waals surface area contributed by atoms with Crippen LogP contribution in [-0.2, 0) is 14.3 Å². The highest BCUT2D eigenvalue weighted by Crippen LogP contribution is 2.18. The smallest absolute Gasteiger partial charge is 0.253 e. The van der Waals surface area contributed by atoms with Gasteiger partial charge in [-0.25, -0.2) is 0 Å². The predicted molar refractivity (Wildman–Crippen MR) is 88.8 cm³/mol. The quantitative estimate of drug-likeness (QED) is 0.875. The molecule has 2 amide bonds. The van der Waals surface area contributed by atoms with Crippen LogP contribution in [0.1, 0.15) is 44.3 Å². The minimum atomic E-state index is -0.639. The second-order valence-electron chi connectivity index (χ2n) is 6.00. The van der Waals surface area contributed by atoms with E-state index < -0.39 is 6.10 Å². The molecule has 0 aliphatic carbocycles. The van der Waals surface area contributed by atoms with Crippen molar-refractivity contribution in [1.82, 2.24) is 10.2 Å². The number of amides is 2. The first kappa shape index (κ1) is 17.5. The second-order valence-corrected chi connectivity index (χ2v) is 6.00. The molecule has 1 fully saturated rings. The summed E-state index contributed by atoms with van der Waals surface area (Å²) in [6.07, 6.45) is 3.02. The van der Waals surface area contributed by atoms with Crippen molar-refractivity contribution in [3.63, 3.8) is 0 Å². The Bertz CT molecular complexity index is 518. The molecule has 0 aromatic heterocycles. The van der Waals surface area contributed by atoms with Crippen LogP contribution in [0, 0.1) is 0 Å². The number of ether oxygens (including phenoxy) is 1. The summed E-state index contributed by atoms with van der Waals surface area (Å²) < 4.78 is 5.28. The Labute approximate surface area is 138 Å². The number of hydrogen-bond acceptors (Lipinski definition) is 3. The van der Waals surface area contributed by atoms with E-state index in [9.17, 15) is 9.59 Å². The van der Waals surface area contributed by atoms with Crippen LogP contribution in [0.3, 0.4) is 0 Å². The zero-order valence-corrected chi connectivity index (χ0v) is 14.0. The summed E-state index contributed by atoms with van der Waals surface area (Å²) in [4.78, 5) is 26.4. The number of nitrogens with zero attached hydrogens (tertiary/aromatic N) is 1. The number of benzene rings is 1. The number of hydrogen-bond donors (Lipinski definition) is 1. The summed E-state index contributed by atoms with van der Waals surface area (Å²) in [5.41, 5.74) is 0.809. The van der Waals surface area contributed by atoms with Crippen LogP contribution in [0.2, 0.25) is 0 Å². The molecule has 5 nitrogen and oxygen atoms in total. The number of methoxy groups -OCH3 is 1. The molecule has 2 rings (SSSR count). The fraction of sp³-hybridized carbons (Fsp3) is 0.556. The third-order valence-corrected chi connectivity index (χ3v) is 4.34. The lowest BCUT2D eigenvalue weighted by atomic mass is 10.0. The van der Waals surface area contributed by atoms with Crippen molar-refractivity contribution in [2.24, 2.45) is 0 Å². The Morgan fingerprint density at radius 3 is 2.70 bits per heavy atom. The molecule has 0 radical (unpaired) electrons. The Hall–Kier alpha value is -1.88. The van der Waals surface area contributed by atoms with Gasteiger partial charge in [0.1, 0.15) is 0 Å². The third kappa shape index (κ3) is 4.79. The fourth-order valence-corrected chi connectivity index (χ4v) is 3.02. The fourth-order valence-electron chi connectivity index (χ4n) is 3.02. The maximum absolute atomic E-state index is 12.2. The van der Waals surface area contributed by atoms with Crippen LogP contribution in [0.5, 0.6) is 0 Å². The summed E-state index contributed by atoms with van der Waals surface area (Å²) in [6, 6.07) is 9.66. The number of piperidine rings is 1. The van der Waals surface area contributed by atoms with Gasteiger partial charge in [-0.1, -0.05) is 30.3 Å². The summed E-state index contributed by atoms with van der Waals surface area (Å²) >= 11 is 0. The normalized spacial score (nSPS) is 19.2. The third-order valence-electron chi connectivity index (χ3n) is 4.34. The van der Waals surface area contributed by atoms with Crippen LogP contribution in [0.15, 0.2) is 30.3 Å². The number of carbonyl (C=O) groups is 2. The molecule has 5 heteroatoms. The van der Waals surface area contributed by atoms with Crippen molar-refractivity contribution in [3.05, 3.63) is 35.9 Å². The molecule has 23 heavy (non-hydrogen) atoms. The van der Waals surface area contributed by atoms with Gasteiger partial charge < -0.3 is 15.0 Å². The number of rotatable bonds is 6. The zero-order chi connectivity index (χ0) is 16.7. The molecule has 126 valence electrons. The van der Waals surface area contributed by atoms with Gasteiger partial charge in [0.2, 0.25) is 5.91 Å². The SMILES string of the molecule is CO[C@H](C(=O)NCCC(=O)N1CCCC[C@@H]1C)c1ccccc1. The molecule has 2 atom stereocenters. The van der Waals surface area contributed by atoms with E-state index in [0.29, 0.717) is 19.0 Å². The van der Waals surface area contributed by atoms with Crippen LogP contribution < -0.4 is 5.32 Å². The minimum absolute atomic E-state index is 0.117. The highest BCUT2D eigenvalue weighted by atomic mass is 16.5. The standard InChI is InChI=1S/C18H26N2O3/c1-14-8-6-7-13-20(14)16(21)11-12-19-18(22)17(23-2)15-9-4-3-5-10-15/h3-5,9-10,14,17H,6-8,11-13H2,1-2H3,(H,19,22)/t14-,17-/m0/s1. The average Bonchev–Trinajstić information content (AvgIpc) is 2.57. The van der Waals surface area contributed by atoms with Gasteiger partial charge in [0.05, 0.1) is 0 Å². The topological polar surface area (TPSA) is 58.6 Å². The van der Waals surface area contributed by atoms with E-state index in [1.807, 2.05) is 35.2 Å². The first-order valence-electron chi connectivity index (χ1n) is 8.28. The van der Waals surface area contributed by atoms with Crippen molar-refractivity contribution in [2.75, 3.05) is 20.2 Å². The van der Waals surface area contributed by atoms with E-state index in [-0.39, 0.29) is 11.8 Å². The van der Waals surface area contributed by atoms with Crippen LogP contribution in [0.25, 0.3) is 0 Å². The Balaban J connectivity index is 1.80. The van der Waals surface area contributed by atoms with Gasteiger partial charge in [-0.05, 0) is 31.7 Å². The van der Waals surface area contributed by atoms with Gasteiger partial charge in [0, 0.05) is 32.7 Å². The minimum Gasteiger partial charge on any atom is -0.367 e. The van der Waals surface area contributed by atoms with E-state index >= 15 is 0 Å². The summed E-state index contributed by atoms with van der Waals surface area (Å²) in [5, 5.41) is 2.81. The molecule has 0 spiro atoms. The highest BCUT2D eigenvalue weighted by Gasteiger charge is 2.24. The molecule has 0 bridgehead atoms. The van der Waals surface area contributed by atoms with Crippen molar-refractivity contribution in [3.8, 4) is 0 Å². The first-order valence-corrected chi connectivity index (χ1v) is 8.28. The van der Waals surface area contributed by atoms with Gasteiger partial charge in [0.25, 0.3) is 5.91 Å². The maximum Gasteiger partial charge on any atom is 0.253 e. The molecular formula is C18H26N2O3. The largest absolute Gasteiger partial charge is 0.367 e. The summed E-state index contributed by atoms with van der Waals surface area (Å²) in [7, 11) is 1.51. The van der Waals surface area contributed by atoms with E-state index in [1.54, 1.807) is 0 Å². The monoisotopic (exact) mass is 318 g/mol. The molecular weight excluding hydrogens is 292 g/mol. The van der Waals surface area contributed by atoms with Gasteiger partial charge in [-0.3, -0.25) is 9.59 Å². The summed E-state index contributed by atoms with van der Waals surface area (Å²) in [6.45, 7) is 3.26. The molecule has 1 aliphatic heterocycles. The number of nitrogens with one attached hydrogen (secondary N) is 1. The van der Waals surface area contributed by atoms with Gasteiger partial charge in [-0.2, -0.15) is 0 Å². The molecule has 0 unspecified atom stereocenters. The molecule has 1 N–H and O–H groups in total.